The molecule has 0 aliphatic carbocycles. The van der Waals surface area contributed by atoms with E-state index in [-0.39, 0.29) is 46.5 Å². The summed E-state index contributed by atoms with van der Waals surface area (Å²) in [6.07, 6.45) is 3.81. The fourth-order valence-electron chi connectivity index (χ4n) is 4.76. The molecule has 0 spiro atoms. The summed E-state index contributed by atoms with van der Waals surface area (Å²) in [4.78, 5) is 20.5. The quantitative estimate of drug-likeness (QED) is 0.262. The number of benzene rings is 2. The molecule has 6 rings (SSSR count). The number of nitrogens with zero attached hydrogens (tertiary/aromatic N) is 2. The molecule has 0 radical (unpaired) electrons. The van der Waals surface area contributed by atoms with Gasteiger partial charge in [0.15, 0.2) is 34.7 Å². The number of H-pyrrole nitrogens is 2. The predicted molar refractivity (Wildman–Crippen MR) is 149 cm³/mol. The third-order valence-corrected chi connectivity index (χ3v) is 6.81. The minimum absolute atomic E-state index is 0.0298. The number of amides is 1. The number of aliphatic imine (C=N–C) groups is 1. The highest BCUT2D eigenvalue weighted by atomic mass is 19.1. The second kappa shape index (κ2) is 10.5. The molecule has 2 aliphatic rings. The standard InChI is InChI=1S/C29H26F2N6O4/c1-14-5-4-8-33-28(35-23-12-19(36-37-23)16-6-7-20-21(10-16)40-13-39-20)24(29(38)32-3)27(14)41-22-11-18(30)26-17(25(22)31)9-15(2)34-26/h4,6-12,14,34H,5,13H2,1-3H3,(H,32,38)(H2,33,35,36,37)/b8-4+,27-24-. The second-order valence-corrected chi connectivity index (χ2v) is 9.69. The van der Waals surface area contributed by atoms with Crippen molar-refractivity contribution in [2.75, 3.05) is 19.2 Å². The number of allylic oxidation sites excluding steroid dienone is 2. The number of fused-ring (bicyclic) bond motifs is 2. The van der Waals surface area contributed by atoms with Crippen molar-refractivity contribution < 1.29 is 27.8 Å². The molecule has 10 nitrogen and oxygen atoms in total. The van der Waals surface area contributed by atoms with Gasteiger partial charge >= 0.3 is 0 Å². The lowest BCUT2D eigenvalue weighted by atomic mass is 9.98. The highest BCUT2D eigenvalue weighted by Gasteiger charge is 2.29. The lowest BCUT2D eigenvalue weighted by Crippen LogP contribution is -2.33. The number of carbonyl (C=O) groups excluding carboxylic acids is 1. The molecule has 4 aromatic rings. The Morgan fingerprint density at radius 1 is 1.15 bits per heavy atom. The number of carbonyl (C=O) groups is 1. The SMILES string of the molecule is CNC(=O)C1=C(\Oc2cc(F)c3[nH]c(C)cc3c2F)C(C)C/C=C/N=C\1Nc1cc(-c2ccc3c(c2)OCO3)[nH]n1. The van der Waals surface area contributed by atoms with Crippen LogP contribution in [-0.4, -0.2) is 40.8 Å². The van der Waals surface area contributed by atoms with Crippen LogP contribution in [-0.2, 0) is 4.79 Å². The number of ether oxygens (including phenoxy) is 3. The predicted octanol–water partition coefficient (Wildman–Crippen LogP) is 5.32. The number of aryl methyl sites for hydroxylation is 1. The number of likely N-dealkylation sites (N-methyl/N-ethyl adjacent to an activating group) is 1. The Labute approximate surface area is 233 Å². The van der Waals surface area contributed by atoms with Crippen LogP contribution in [0.1, 0.15) is 19.0 Å². The Kier molecular flexibility index (Phi) is 6.66. The van der Waals surface area contributed by atoms with Crippen molar-refractivity contribution in [3.8, 4) is 28.5 Å². The molecule has 1 atom stereocenters. The van der Waals surface area contributed by atoms with Crippen molar-refractivity contribution in [3.63, 3.8) is 0 Å². The molecule has 0 saturated carbocycles. The van der Waals surface area contributed by atoms with Crippen LogP contribution in [0.3, 0.4) is 0 Å². The Hall–Kier alpha value is -5.13. The largest absolute Gasteiger partial charge is 0.457 e. The summed E-state index contributed by atoms with van der Waals surface area (Å²) in [5.41, 5.74) is 2.16. The number of aromatic nitrogens is 3. The van der Waals surface area contributed by atoms with E-state index in [0.29, 0.717) is 35.1 Å². The number of halogens is 2. The second-order valence-electron chi connectivity index (χ2n) is 9.69. The molecular weight excluding hydrogens is 534 g/mol. The van der Waals surface area contributed by atoms with Gasteiger partial charge in [-0.05, 0) is 37.6 Å². The van der Waals surface area contributed by atoms with Crippen molar-refractivity contribution in [3.05, 3.63) is 77.3 Å². The van der Waals surface area contributed by atoms with E-state index in [9.17, 15) is 9.18 Å². The molecule has 2 aromatic carbocycles. The molecule has 4 heterocycles. The third-order valence-electron chi connectivity index (χ3n) is 6.81. The Morgan fingerprint density at radius 3 is 2.80 bits per heavy atom. The molecule has 0 fully saturated rings. The maximum absolute atomic E-state index is 15.5. The zero-order chi connectivity index (χ0) is 28.7. The average Bonchev–Trinajstić information content (AvgIpc) is 3.71. The number of anilines is 1. The molecule has 2 aliphatic heterocycles. The summed E-state index contributed by atoms with van der Waals surface area (Å²) < 4.78 is 47.3. The van der Waals surface area contributed by atoms with Crippen molar-refractivity contribution in [1.29, 1.82) is 0 Å². The van der Waals surface area contributed by atoms with E-state index in [1.54, 1.807) is 31.3 Å². The first kappa shape index (κ1) is 26.1. The topological polar surface area (TPSA) is 126 Å². The highest BCUT2D eigenvalue weighted by Crippen LogP contribution is 2.36. The molecule has 12 heteroatoms. The lowest BCUT2D eigenvalue weighted by Gasteiger charge is -2.22. The van der Waals surface area contributed by atoms with Gasteiger partial charge in [0.05, 0.1) is 11.2 Å². The van der Waals surface area contributed by atoms with Gasteiger partial charge in [-0.15, -0.1) is 0 Å². The molecule has 1 amide bonds. The van der Waals surface area contributed by atoms with E-state index in [1.807, 2.05) is 19.1 Å². The fraction of sp³-hybridized carbons (Fsp3) is 0.207. The van der Waals surface area contributed by atoms with E-state index in [0.717, 1.165) is 11.6 Å². The van der Waals surface area contributed by atoms with E-state index in [4.69, 9.17) is 14.2 Å². The van der Waals surface area contributed by atoms with Crippen LogP contribution in [0, 0.1) is 24.5 Å². The summed E-state index contributed by atoms with van der Waals surface area (Å²) in [5.74, 6) is -0.798. The molecular formula is C29H26F2N6O4. The zero-order valence-corrected chi connectivity index (χ0v) is 22.4. The molecule has 0 bridgehead atoms. The first-order valence-corrected chi connectivity index (χ1v) is 12.9. The minimum atomic E-state index is -0.744. The summed E-state index contributed by atoms with van der Waals surface area (Å²) in [6.45, 7) is 3.69. The maximum atomic E-state index is 15.5. The Bertz CT molecular complexity index is 1770. The molecule has 4 N–H and O–H groups in total. The number of amidine groups is 1. The van der Waals surface area contributed by atoms with Crippen LogP contribution in [0.5, 0.6) is 17.2 Å². The van der Waals surface area contributed by atoms with Gasteiger partial charge in [-0.3, -0.25) is 9.89 Å². The van der Waals surface area contributed by atoms with Gasteiger partial charge in [-0.1, -0.05) is 13.0 Å². The smallest absolute Gasteiger partial charge is 0.258 e. The van der Waals surface area contributed by atoms with Gasteiger partial charge < -0.3 is 29.8 Å². The van der Waals surface area contributed by atoms with Gasteiger partial charge in [0.25, 0.3) is 5.91 Å². The third kappa shape index (κ3) is 4.88. The summed E-state index contributed by atoms with van der Waals surface area (Å²) in [5, 5.41) is 13.0. The Morgan fingerprint density at radius 2 is 1.98 bits per heavy atom. The van der Waals surface area contributed by atoms with Crippen LogP contribution >= 0.6 is 0 Å². The fourth-order valence-corrected chi connectivity index (χ4v) is 4.76. The van der Waals surface area contributed by atoms with E-state index in [1.165, 1.54) is 13.1 Å². The summed E-state index contributed by atoms with van der Waals surface area (Å²) in [6, 6.07) is 9.71. The lowest BCUT2D eigenvalue weighted by molar-refractivity contribution is -0.116. The van der Waals surface area contributed by atoms with Crippen LogP contribution in [0.4, 0.5) is 14.6 Å². The molecule has 41 heavy (non-hydrogen) atoms. The van der Waals surface area contributed by atoms with Gasteiger partial charge in [0.2, 0.25) is 6.79 Å². The first-order chi connectivity index (χ1) is 19.8. The first-order valence-electron chi connectivity index (χ1n) is 12.9. The monoisotopic (exact) mass is 560 g/mol. The van der Waals surface area contributed by atoms with Gasteiger partial charge in [0, 0.05) is 47.9 Å². The van der Waals surface area contributed by atoms with Crippen LogP contribution < -0.4 is 24.8 Å². The molecule has 0 saturated heterocycles. The van der Waals surface area contributed by atoms with Crippen molar-refractivity contribution in [1.82, 2.24) is 20.5 Å². The number of hydrogen-bond acceptors (Lipinski definition) is 7. The van der Waals surface area contributed by atoms with Crippen molar-refractivity contribution >= 4 is 28.5 Å². The Balaban J connectivity index is 1.38. The number of nitrogens with one attached hydrogen (secondary N) is 4. The van der Waals surface area contributed by atoms with Crippen LogP contribution in [0.15, 0.2) is 65.0 Å². The van der Waals surface area contributed by atoms with Crippen molar-refractivity contribution in [2.45, 2.75) is 20.3 Å². The van der Waals surface area contributed by atoms with Gasteiger partial charge in [0.1, 0.15) is 17.2 Å². The van der Waals surface area contributed by atoms with E-state index < -0.39 is 17.5 Å². The van der Waals surface area contributed by atoms with Crippen LogP contribution in [0.2, 0.25) is 0 Å². The van der Waals surface area contributed by atoms with E-state index in [2.05, 4.69) is 30.8 Å². The van der Waals surface area contributed by atoms with Gasteiger partial charge in [-0.2, -0.15) is 5.10 Å². The zero-order valence-electron chi connectivity index (χ0n) is 22.4. The van der Waals surface area contributed by atoms with Gasteiger partial charge in [-0.25, -0.2) is 13.8 Å². The van der Waals surface area contributed by atoms with Crippen LogP contribution in [0.25, 0.3) is 22.2 Å². The minimum Gasteiger partial charge on any atom is -0.457 e. The molecule has 2 aromatic heterocycles. The molecule has 210 valence electrons. The normalized spacial score (nSPS) is 20.2. The molecule has 1 unspecified atom stereocenters. The van der Waals surface area contributed by atoms with E-state index >= 15 is 4.39 Å². The number of aromatic amines is 2. The summed E-state index contributed by atoms with van der Waals surface area (Å²) >= 11 is 0. The number of hydrogen-bond donors (Lipinski definition) is 4. The number of rotatable bonds is 5. The average molecular weight is 561 g/mol. The maximum Gasteiger partial charge on any atom is 0.258 e. The van der Waals surface area contributed by atoms with Crippen molar-refractivity contribution in [2.24, 2.45) is 10.9 Å². The summed E-state index contributed by atoms with van der Waals surface area (Å²) in [7, 11) is 1.46. The highest BCUT2D eigenvalue weighted by molar-refractivity contribution is 6.25.